The minimum absolute atomic E-state index is 0.0207. The Kier molecular flexibility index (Phi) is 4.38. The number of aromatic amines is 1. The molecule has 0 bridgehead atoms. The van der Waals surface area contributed by atoms with Crippen LogP contribution in [-0.4, -0.2) is 32.5 Å². The molecule has 1 atom stereocenters. The second-order valence-electron chi connectivity index (χ2n) is 6.29. The van der Waals surface area contributed by atoms with Gasteiger partial charge in [0.1, 0.15) is 11.6 Å². The summed E-state index contributed by atoms with van der Waals surface area (Å²) in [5, 5.41) is 13.5. The Morgan fingerprint density at radius 3 is 2.79 bits per heavy atom. The Labute approximate surface area is 157 Å². The number of alkyl halides is 2. The van der Waals surface area contributed by atoms with Crippen molar-refractivity contribution in [1.82, 2.24) is 20.0 Å². The second kappa shape index (κ2) is 6.87. The van der Waals surface area contributed by atoms with Crippen molar-refractivity contribution in [2.45, 2.75) is 25.9 Å². The Hall–Kier alpha value is -3.56. The van der Waals surface area contributed by atoms with Crippen LogP contribution >= 0.6 is 0 Å². The van der Waals surface area contributed by atoms with Gasteiger partial charge in [-0.05, 0) is 30.7 Å². The molecule has 2 N–H and O–H groups in total. The summed E-state index contributed by atoms with van der Waals surface area (Å²) >= 11 is 0. The normalized spacial score (nSPS) is 16.0. The molecule has 3 heterocycles. The topological polar surface area (TPSA) is 102 Å². The average molecular weight is 387 g/mol. The predicted molar refractivity (Wildman–Crippen MR) is 94.9 cm³/mol. The third kappa shape index (κ3) is 3.24. The van der Waals surface area contributed by atoms with E-state index < -0.39 is 6.61 Å². The fourth-order valence-corrected chi connectivity index (χ4v) is 3.36. The molecule has 1 aliphatic heterocycles. The summed E-state index contributed by atoms with van der Waals surface area (Å²) in [6.45, 7) is -1.15. The van der Waals surface area contributed by atoms with Gasteiger partial charge in [0, 0.05) is 24.0 Å². The van der Waals surface area contributed by atoms with Crippen LogP contribution in [0, 0.1) is 6.92 Å². The fourth-order valence-electron chi connectivity index (χ4n) is 3.36. The molecule has 1 unspecified atom stereocenters. The van der Waals surface area contributed by atoms with Crippen molar-refractivity contribution in [2.75, 3.05) is 5.32 Å². The Morgan fingerprint density at radius 1 is 1.25 bits per heavy atom. The smallest absolute Gasteiger partial charge is 0.387 e. The number of aryl methyl sites for hydroxylation is 1. The van der Waals surface area contributed by atoms with E-state index in [0.29, 0.717) is 22.9 Å². The van der Waals surface area contributed by atoms with Crippen LogP contribution in [-0.2, 0) is 4.79 Å². The number of H-pyrrole nitrogens is 1. The molecule has 1 amide bonds. The number of amides is 1. The monoisotopic (exact) mass is 387 g/mol. The first-order chi connectivity index (χ1) is 13.4. The zero-order valence-electron chi connectivity index (χ0n) is 14.6. The number of hydrogen-bond donors (Lipinski definition) is 2. The van der Waals surface area contributed by atoms with E-state index in [1.807, 2.05) is 0 Å². The van der Waals surface area contributed by atoms with Crippen molar-refractivity contribution in [3.05, 3.63) is 63.6 Å². The number of halogens is 2. The SMILES string of the molecule is Cc1nn(-c2ccc(=O)[nH]n2)c2c1C(c1cccc(OC(F)F)c1)CC(=O)N2. The number of carbonyl (C=O) groups is 1. The molecule has 8 nitrogen and oxygen atoms in total. The molecule has 28 heavy (non-hydrogen) atoms. The van der Waals surface area contributed by atoms with E-state index in [1.54, 1.807) is 19.1 Å². The highest BCUT2D eigenvalue weighted by Gasteiger charge is 2.33. The van der Waals surface area contributed by atoms with Crippen molar-refractivity contribution in [3.63, 3.8) is 0 Å². The first-order valence-electron chi connectivity index (χ1n) is 8.42. The summed E-state index contributed by atoms with van der Waals surface area (Å²) in [4.78, 5) is 23.6. The molecule has 0 saturated heterocycles. The van der Waals surface area contributed by atoms with Crippen molar-refractivity contribution >= 4 is 11.7 Å². The molecule has 144 valence electrons. The van der Waals surface area contributed by atoms with E-state index in [1.165, 1.54) is 28.9 Å². The predicted octanol–water partition coefficient (Wildman–Crippen LogP) is 2.34. The van der Waals surface area contributed by atoms with E-state index in [0.717, 1.165) is 5.56 Å². The molecule has 0 radical (unpaired) electrons. The number of carbonyl (C=O) groups excluding carboxylic acids is 1. The summed E-state index contributed by atoms with van der Waals surface area (Å²) in [7, 11) is 0. The summed E-state index contributed by atoms with van der Waals surface area (Å²) in [5.74, 6) is 0.148. The van der Waals surface area contributed by atoms with Crippen molar-refractivity contribution < 1.29 is 18.3 Å². The molecular weight excluding hydrogens is 372 g/mol. The lowest BCUT2D eigenvalue weighted by atomic mass is 9.86. The van der Waals surface area contributed by atoms with Crippen molar-refractivity contribution in [3.8, 4) is 11.6 Å². The van der Waals surface area contributed by atoms with Crippen molar-refractivity contribution in [2.24, 2.45) is 0 Å². The van der Waals surface area contributed by atoms with Gasteiger partial charge in [-0.3, -0.25) is 9.59 Å². The lowest BCUT2D eigenvalue weighted by Gasteiger charge is -2.24. The van der Waals surface area contributed by atoms with Crippen LogP contribution in [0.2, 0.25) is 0 Å². The van der Waals surface area contributed by atoms with Gasteiger partial charge in [-0.25, -0.2) is 5.10 Å². The number of benzene rings is 1. The minimum Gasteiger partial charge on any atom is -0.435 e. The third-order valence-corrected chi connectivity index (χ3v) is 4.47. The summed E-state index contributed by atoms with van der Waals surface area (Å²) in [6.07, 6.45) is 0.136. The molecule has 0 aliphatic carbocycles. The number of fused-ring (bicyclic) bond motifs is 1. The van der Waals surface area contributed by atoms with Gasteiger partial charge >= 0.3 is 6.61 Å². The number of hydrogen-bond acceptors (Lipinski definition) is 5. The molecule has 3 aromatic rings. The van der Waals surface area contributed by atoms with E-state index in [4.69, 9.17) is 0 Å². The lowest BCUT2D eigenvalue weighted by molar-refractivity contribution is -0.116. The maximum atomic E-state index is 12.5. The van der Waals surface area contributed by atoms with Crippen LogP contribution in [0.4, 0.5) is 14.6 Å². The molecule has 0 fully saturated rings. The van der Waals surface area contributed by atoms with E-state index >= 15 is 0 Å². The van der Waals surface area contributed by atoms with Crippen LogP contribution in [0.5, 0.6) is 5.75 Å². The van der Waals surface area contributed by atoms with E-state index in [2.05, 4.69) is 25.3 Å². The van der Waals surface area contributed by atoms with Crippen LogP contribution in [0.1, 0.15) is 29.2 Å². The molecule has 0 saturated carbocycles. The third-order valence-electron chi connectivity index (χ3n) is 4.47. The maximum absolute atomic E-state index is 12.5. The first-order valence-corrected chi connectivity index (χ1v) is 8.42. The van der Waals surface area contributed by atoms with Gasteiger partial charge < -0.3 is 10.1 Å². The number of anilines is 1. The van der Waals surface area contributed by atoms with E-state index in [-0.39, 0.29) is 29.6 Å². The number of rotatable bonds is 4. The maximum Gasteiger partial charge on any atom is 0.387 e. The minimum atomic E-state index is -2.93. The quantitative estimate of drug-likeness (QED) is 0.716. The number of aromatic nitrogens is 4. The molecule has 1 aliphatic rings. The molecule has 4 rings (SSSR count). The second-order valence-corrected chi connectivity index (χ2v) is 6.29. The molecule has 0 spiro atoms. The Morgan fingerprint density at radius 2 is 2.07 bits per heavy atom. The average Bonchev–Trinajstić information content (AvgIpc) is 2.98. The zero-order valence-corrected chi connectivity index (χ0v) is 14.6. The highest BCUT2D eigenvalue weighted by molar-refractivity contribution is 5.95. The first kappa shape index (κ1) is 17.8. The van der Waals surface area contributed by atoms with Crippen LogP contribution < -0.4 is 15.6 Å². The highest BCUT2D eigenvalue weighted by Crippen LogP contribution is 2.40. The van der Waals surface area contributed by atoms with Gasteiger partial charge in [0.05, 0.1) is 5.69 Å². The van der Waals surface area contributed by atoms with E-state index in [9.17, 15) is 18.4 Å². The Balaban J connectivity index is 1.81. The van der Waals surface area contributed by atoms with Gasteiger partial charge in [0.2, 0.25) is 5.91 Å². The highest BCUT2D eigenvalue weighted by atomic mass is 19.3. The van der Waals surface area contributed by atoms with Crippen LogP contribution in [0.15, 0.2) is 41.2 Å². The van der Waals surface area contributed by atoms with Gasteiger partial charge in [-0.1, -0.05) is 12.1 Å². The van der Waals surface area contributed by atoms with Crippen LogP contribution in [0.25, 0.3) is 5.82 Å². The lowest BCUT2D eigenvalue weighted by Crippen LogP contribution is -2.25. The largest absolute Gasteiger partial charge is 0.435 e. The summed E-state index contributed by atoms with van der Waals surface area (Å²) < 4.78 is 31.0. The van der Waals surface area contributed by atoms with Crippen LogP contribution in [0.3, 0.4) is 0 Å². The van der Waals surface area contributed by atoms with Gasteiger partial charge in [0.15, 0.2) is 5.82 Å². The number of nitrogens with zero attached hydrogens (tertiary/aromatic N) is 3. The van der Waals surface area contributed by atoms with Crippen molar-refractivity contribution in [1.29, 1.82) is 0 Å². The van der Waals surface area contributed by atoms with Gasteiger partial charge in [-0.15, -0.1) is 0 Å². The Bertz CT molecular complexity index is 1090. The summed E-state index contributed by atoms with van der Waals surface area (Å²) in [5.41, 5.74) is 1.69. The molecule has 2 aromatic heterocycles. The van der Waals surface area contributed by atoms with Gasteiger partial charge in [0.25, 0.3) is 5.56 Å². The number of ether oxygens (including phenoxy) is 1. The fraction of sp³-hybridized carbons (Fsp3) is 0.222. The molecular formula is C18H15F2N5O3. The zero-order chi connectivity index (χ0) is 19.8. The number of nitrogens with one attached hydrogen (secondary N) is 2. The van der Waals surface area contributed by atoms with Gasteiger partial charge in [-0.2, -0.15) is 23.7 Å². The standard InChI is InChI=1S/C18H15F2N5O3/c1-9-16-12(10-3-2-4-11(7-10)28-18(19)20)8-15(27)21-17(16)25(24-9)13-5-6-14(26)23-22-13/h2-7,12,18H,8H2,1H3,(H,21,27)(H,23,26). The molecule has 10 heteroatoms. The summed E-state index contributed by atoms with van der Waals surface area (Å²) in [6, 6.07) is 9.06. The molecule has 1 aromatic carbocycles.